The van der Waals surface area contributed by atoms with Crippen LogP contribution in [0.5, 0.6) is 0 Å². The van der Waals surface area contributed by atoms with Crippen LogP contribution in [-0.4, -0.2) is 28.2 Å². The molecule has 0 amide bonds. The molecule has 7 N–H and O–H groups in total. The van der Waals surface area contributed by atoms with Gasteiger partial charge in [-0.2, -0.15) is 0 Å². The van der Waals surface area contributed by atoms with Crippen LogP contribution in [0.1, 0.15) is 0 Å². The zero-order valence-corrected chi connectivity index (χ0v) is 6.95. The van der Waals surface area contributed by atoms with Gasteiger partial charge in [-0.1, -0.05) is 0 Å². The topological polar surface area (TPSA) is 116 Å². The Morgan fingerprint density at radius 1 is 0.857 bits per heavy atom. The summed E-state index contributed by atoms with van der Waals surface area (Å²) in [4.78, 5) is 29.3. The van der Waals surface area contributed by atoms with Crippen LogP contribution in [0.15, 0.2) is 0 Å². The average Bonchev–Trinajstić information content (AvgIpc) is 0.722. The molecule has 5 nitrogen and oxygen atoms in total. The van der Waals surface area contributed by atoms with Gasteiger partial charge in [-0.15, -0.1) is 0 Å². The zero-order chi connectivity index (χ0) is 4.50. The average molecular weight is 204 g/mol. The molecule has 0 atom stereocenters. The summed E-state index contributed by atoms with van der Waals surface area (Å²) in [5.41, 5.74) is 0. The van der Waals surface area contributed by atoms with Crippen LogP contribution in [0.2, 0.25) is 0 Å². The van der Waals surface area contributed by atoms with Gasteiger partial charge >= 0.3 is 9.05 Å². The van der Waals surface area contributed by atoms with Crippen LogP contribution >= 0.6 is 0 Å². The fraction of sp³-hybridized carbons (Fsp3) is 0. The second-order valence-corrected chi connectivity index (χ2v) is 1.80. The summed E-state index contributed by atoms with van der Waals surface area (Å²) in [6.45, 7) is 0. The van der Waals surface area contributed by atoms with Gasteiger partial charge in [0.1, 0.15) is 0 Å². The first-order valence-electron chi connectivity index (χ1n) is 0.894. The van der Waals surface area contributed by atoms with Crippen molar-refractivity contribution >= 4 is 9.05 Å². The molecule has 0 bridgehead atoms. The van der Waals surface area contributed by atoms with Crippen LogP contribution in [0.25, 0.3) is 0 Å². The maximum absolute atomic E-state index is 7.33. The van der Waals surface area contributed by atoms with Crippen molar-refractivity contribution in [2.24, 2.45) is 0 Å². The Morgan fingerprint density at radius 3 is 0.857 bits per heavy atom. The summed E-state index contributed by atoms with van der Waals surface area (Å²) in [7, 11) is -4.61. The van der Waals surface area contributed by atoms with E-state index in [9.17, 15) is 0 Å². The summed E-state index contributed by atoms with van der Waals surface area (Å²) in [5.74, 6) is 0. The van der Waals surface area contributed by atoms with Crippen LogP contribution in [0, 0.1) is 0 Å². The molecule has 0 spiro atoms. The van der Waals surface area contributed by atoms with Gasteiger partial charge in [-0.25, -0.2) is 0 Å². The third kappa shape index (κ3) is 205. The minimum Gasteiger partial charge on any atom is -0.368 e. The van der Waals surface area contributed by atoms with E-state index in [1.165, 1.54) is 0 Å². The molecule has 0 aromatic carbocycles. The van der Waals surface area contributed by atoms with Crippen molar-refractivity contribution in [3.05, 3.63) is 0 Å². The molecule has 0 aliphatic heterocycles. The molecular formula is H7NO4SiZr. The molecular weight excluding hydrogens is 197 g/mol. The molecule has 0 rings (SSSR count). The van der Waals surface area contributed by atoms with Crippen LogP contribution in [0.4, 0.5) is 0 Å². The van der Waals surface area contributed by atoms with E-state index in [0.29, 0.717) is 0 Å². The number of rotatable bonds is 0. The largest absolute Gasteiger partial charge is 0.668 e. The van der Waals surface area contributed by atoms with Gasteiger partial charge in [0.15, 0.2) is 0 Å². The van der Waals surface area contributed by atoms with Gasteiger partial charge in [0.2, 0.25) is 0 Å². The Balaban J connectivity index is -0.0000000800. The molecule has 0 unspecified atom stereocenters. The van der Waals surface area contributed by atoms with Gasteiger partial charge < -0.3 is 25.3 Å². The van der Waals surface area contributed by atoms with E-state index < -0.39 is 9.05 Å². The normalized spacial score (nSPS) is 8.57. The van der Waals surface area contributed by atoms with Gasteiger partial charge in [-0.3, -0.25) is 0 Å². The molecule has 0 saturated carbocycles. The van der Waals surface area contributed by atoms with Crippen molar-refractivity contribution in [2.75, 3.05) is 0 Å². The van der Waals surface area contributed by atoms with Gasteiger partial charge in [0, 0.05) is 26.2 Å². The van der Waals surface area contributed by atoms with E-state index >= 15 is 0 Å². The smallest absolute Gasteiger partial charge is 0.368 e. The Kier molecular flexibility index (Phi) is 11.3. The molecule has 7 heteroatoms. The number of hydrogen-bond acceptors (Lipinski definition) is 5. The third-order valence-corrected chi connectivity index (χ3v) is 0. The van der Waals surface area contributed by atoms with E-state index in [-0.39, 0.29) is 32.4 Å². The van der Waals surface area contributed by atoms with Crippen molar-refractivity contribution in [3.63, 3.8) is 0 Å². The monoisotopic (exact) mass is 203 g/mol. The quantitative estimate of drug-likeness (QED) is 0.281. The first-order chi connectivity index (χ1) is 2.00. The maximum Gasteiger partial charge on any atom is 0.668 e. The van der Waals surface area contributed by atoms with Crippen LogP contribution in [-0.2, 0) is 26.2 Å². The van der Waals surface area contributed by atoms with E-state index in [1.807, 2.05) is 0 Å². The Morgan fingerprint density at radius 2 is 0.857 bits per heavy atom. The minimum atomic E-state index is -4.61. The molecule has 0 aliphatic carbocycles. The minimum absolute atomic E-state index is 0. The Labute approximate surface area is 60.8 Å². The fourth-order valence-electron chi connectivity index (χ4n) is 0. The van der Waals surface area contributed by atoms with Crippen LogP contribution < -0.4 is 6.15 Å². The van der Waals surface area contributed by atoms with E-state index in [1.54, 1.807) is 0 Å². The van der Waals surface area contributed by atoms with Crippen molar-refractivity contribution in [1.82, 2.24) is 6.15 Å². The predicted octanol–water partition coefficient (Wildman–Crippen LogP) is -2.45. The van der Waals surface area contributed by atoms with Gasteiger partial charge in [0.05, 0.1) is 0 Å². The summed E-state index contributed by atoms with van der Waals surface area (Å²) in [6, 6.07) is 0. The first-order valence-corrected chi connectivity index (χ1v) is 2.68. The van der Waals surface area contributed by atoms with Crippen molar-refractivity contribution in [3.8, 4) is 0 Å². The SMILES string of the molecule is N.O[Si](O)(O)O.[Zr]. The summed E-state index contributed by atoms with van der Waals surface area (Å²) in [6.07, 6.45) is 0. The second kappa shape index (κ2) is 5.04. The Bertz CT molecular complexity index is 27.2. The van der Waals surface area contributed by atoms with Gasteiger partial charge in [0.25, 0.3) is 0 Å². The molecule has 44 valence electrons. The molecule has 0 aliphatic rings. The van der Waals surface area contributed by atoms with Crippen molar-refractivity contribution in [1.29, 1.82) is 0 Å². The summed E-state index contributed by atoms with van der Waals surface area (Å²) in [5, 5.41) is 0. The molecule has 0 saturated heterocycles. The van der Waals surface area contributed by atoms with E-state index in [4.69, 9.17) is 19.2 Å². The number of hydrogen-bond donors (Lipinski definition) is 5. The summed E-state index contributed by atoms with van der Waals surface area (Å²) >= 11 is 0. The second-order valence-electron chi connectivity index (χ2n) is 0.600. The standard InChI is InChI=1S/H3N.H4O4Si.Zr/c;1-5(2,3)4;/h1H3;1-4H;. The van der Waals surface area contributed by atoms with E-state index in [0.717, 1.165) is 0 Å². The van der Waals surface area contributed by atoms with Gasteiger partial charge in [-0.05, 0) is 0 Å². The van der Waals surface area contributed by atoms with E-state index in [2.05, 4.69) is 0 Å². The maximum atomic E-state index is 7.33. The third-order valence-electron chi connectivity index (χ3n) is 0. The first kappa shape index (κ1) is 15.7. The molecule has 0 radical (unpaired) electrons. The zero-order valence-electron chi connectivity index (χ0n) is 3.50. The molecule has 0 aromatic rings. The molecule has 7 heavy (non-hydrogen) atoms. The Hall–Kier alpha value is 0.900. The van der Waals surface area contributed by atoms with Crippen molar-refractivity contribution in [2.45, 2.75) is 0 Å². The van der Waals surface area contributed by atoms with Crippen molar-refractivity contribution < 1.29 is 45.4 Å². The van der Waals surface area contributed by atoms with Crippen LogP contribution in [0.3, 0.4) is 0 Å². The fourth-order valence-corrected chi connectivity index (χ4v) is 0. The molecule has 0 heterocycles. The molecule has 0 aromatic heterocycles. The molecule has 0 fully saturated rings. The summed E-state index contributed by atoms with van der Waals surface area (Å²) < 4.78 is 0. The predicted molar refractivity (Wildman–Crippen MR) is 19.7 cm³/mol.